The minimum Gasteiger partial charge on any atom is -0.353 e. The lowest BCUT2D eigenvalue weighted by Crippen LogP contribution is -2.46. The predicted octanol–water partition coefficient (Wildman–Crippen LogP) is 4.45. The van der Waals surface area contributed by atoms with Crippen molar-refractivity contribution in [3.05, 3.63) is 52.2 Å². The SMILES string of the molecule is Cc1ccc(CN2CCN(c3ncnc4sc5c(c34)CC(C)CC5)CC2)cc1. The van der Waals surface area contributed by atoms with Gasteiger partial charge in [-0.1, -0.05) is 36.8 Å². The van der Waals surface area contributed by atoms with Gasteiger partial charge in [0.15, 0.2) is 0 Å². The molecule has 3 aromatic rings. The largest absolute Gasteiger partial charge is 0.353 e. The van der Waals surface area contributed by atoms with Gasteiger partial charge in [-0.2, -0.15) is 0 Å². The van der Waals surface area contributed by atoms with Crippen LogP contribution in [0.15, 0.2) is 30.6 Å². The number of aromatic nitrogens is 2. The van der Waals surface area contributed by atoms with Gasteiger partial charge in [-0.15, -0.1) is 11.3 Å². The van der Waals surface area contributed by atoms with E-state index in [1.165, 1.54) is 52.0 Å². The summed E-state index contributed by atoms with van der Waals surface area (Å²) < 4.78 is 0. The Morgan fingerprint density at radius 3 is 2.64 bits per heavy atom. The van der Waals surface area contributed by atoms with Gasteiger partial charge in [0.1, 0.15) is 17.0 Å². The maximum Gasteiger partial charge on any atom is 0.141 e. The van der Waals surface area contributed by atoms with E-state index in [2.05, 4.69) is 52.9 Å². The Morgan fingerprint density at radius 1 is 1.07 bits per heavy atom. The van der Waals surface area contributed by atoms with E-state index in [4.69, 9.17) is 4.98 Å². The lowest BCUT2D eigenvalue weighted by atomic mass is 9.88. The Morgan fingerprint density at radius 2 is 1.86 bits per heavy atom. The van der Waals surface area contributed by atoms with Crippen molar-refractivity contribution >= 4 is 27.4 Å². The molecule has 0 spiro atoms. The van der Waals surface area contributed by atoms with Gasteiger partial charge in [-0.3, -0.25) is 4.90 Å². The van der Waals surface area contributed by atoms with Crippen LogP contribution in [-0.2, 0) is 19.4 Å². The predicted molar refractivity (Wildman–Crippen MR) is 117 cm³/mol. The van der Waals surface area contributed by atoms with Crippen LogP contribution in [0, 0.1) is 12.8 Å². The van der Waals surface area contributed by atoms with Crippen LogP contribution in [0.25, 0.3) is 10.2 Å². The zero-order chi connectivity index (χ0) is 19.1. The molecule has 2 aromatic heterocycles. The van der Waals surface area contributed by atoms with E-state index in [0.29, 0.717) is 0 Å². The summed E-state index contributed by atoms with van der Waals surface area (Å²) >= 11 is 1.90. The number of hydrogen-bond donors (Lipinski definition) is 0. The average Bonchev–Trinajstić information content (AvgIpc) is 3.08. The maximum absolute atomic E-state index is 4.76. The summed E-state index contributed by atoms with van der Waals surface area (Å²) in [5.74, 6) is 1.94. The average molecular weight is 393 g/mol. The first kappa shape index (κ1) is 18.1. The Hall–Kier alpha value is -1.98. The number of thiophene rings is 1. The van der Waals surface area contributed by atoms with Crippen LogP contribution in [0.1, 0.15) is 34.9 Å². The van der Waals surface area contributed by atoms with Crippen LogP contribution in [0.4, 0.5) is 5.82 Å². The number of fused-ring (bicyclic) bond motifs is 3. The fourth-order valence-electron chi connectivity index (χ4n) is 4.57. The monoisotopic (exact) mass is 392 g/mol. The molecule has 1 aliphatic heterocycles. The highest BCUT2D eigenvalue weighted by atomic mass is 32.1. The molecule has 3 heterocycles. The molecule has 1 aromatic carbocycles. The van der Waals surface area contributed by atoms with E-state index >= 15 is 0 Å². The highest BCUT2D eigenvalue weighted by Crippen LogP contribution is 2.40. The molecule has 28 heavy (non-hydrogen) atoms. The van der Waals surface area contributed by atoms with Crippen molar-refractivity contribution in [1.29, 1.82) is 0 Å². The number of piperazine rings is 1. The van der Waals surface area contributed by atoms with E-state index in [0.717, 1.165) is 38.6 Å². The smallest absolute Gasteiger partial charge is 0.141 e. The number of nitrogens with zero attached hydrogens (tertiary/aromatic N) is 4. The molecule has 0 saturated carbocycles. The minimum atomic E-state index is 0.768. The fraction of sp³-hybridized carbons (Fsp3) is 0.478. The van der Waals surface area contributed by atoms with Gasteiger partial charge in [-0.05, 0) is 43.2 Å². The summed E-state index contributed by atoms with van der Waals surface area (Å²) in [6.07, 6.45) is 5.46. The van der Waals surface area contributed by atoms with Gasteiger partial charge >= 0.3 is 0 Å². The maximum atomic E-state index is 4.76. The molecule has 146 valence electrons. The van der Waals surface area contributed by atoms with Crippen molar-refractivity contribution in [3.8, 4) is 0 Å². The summed E-state index contributed by atoms with van der Waals surface area (Å²) in [5, 5.41) is 1.35. The van der Waals surface area contributed by atoms with Gasteiger partial charge in [0.25, 0.3) is 0 Å². The Bertz CT molecular complexity index is 970. The van der Waals surface area contributed by atoms with Crippen LogP contribution in [0.5, 0.6) is 0 Å². The quantitative estimate of drug-likeness (QED) is 0.659. The summed E-state index contributed by atoms with van der Waals surface area (Å²) in [6, 6.07) is 8.94. The lowest BCUT2D eigenvalue weighted by Gasteiger charge is -2.36. The second kappa shape index (κ2) is 7.45. The van der Waals surface area contributed by atoms with Crippen molar-refractivity contribution < 1.29 is 0 Å². The zero-order valence-corrected chi connectivity index (χ0v) is 17.6. The van der Waals surface area contributed by atoms with Crippen LogP contribution >= 0.6 is 11.3 Å². The van der Waals surface area contributed by atoms with E-state index in [1.54, 1.807) is 11.2 Å². The molecule has 0 radical (unpaired) electrons. The highest BCUT2D eigenvalue weighted by Gasteiger charge is 2.26. The van der Waals surface area contributed by atoms with Crippen molar-refractivity contribution in [3.63, 3.8) is 0 Å². The first-order chi connectivity index (χ1) is 13.7. The highest BCUT2D eigenvalue weighted by molar-refractivity contribution is 7.19. The number of aryl methyl sites for hydroxylation is 2. The molecule has 5 heteroatoms. The second-order valence-corrected chi connectivity index (χ2v) is 9.56. The molecule has 4 nitrogen and oxygen atoms in total. The first-order valence-corrected chi connectivity index (χ1v) is 11.3. The van der Waals surface area contributed by atoms with Crippen LogP contribution in [0.2, 0.25) is 0 Å². The molecule has 1 unspecified atom stereocenters. The third-order valence-corrected chi connectivity index (χ3v) is 7.47. The fourth-order valence-corrected chi connectivity index (χ4v) is 5.75. The summed E-state index contributed by atoms with van der Waals surface area (Å²) in [5.41, 5.74) is 4.27. The third kappa shape index (κ3) is 3.42. The minimum absolute atomic E-state index is 0.768. The van der Waals surface area contributed by atoms with E-state index in [1.807, 2.05) is 11.3 Å². The molecule has 0 bridgehead atoms. The number of rotatable bonds is 3. The molecule has 2 aliphatic rings. The Balaban J connectivity index is 1.34. The lowest BCUT2D eigenvalue weighted by molar-refractivity contribution is 0.249. The first-order valence-electron chi connectivity index (χ1n) is 10.5. The molecule has 0 amide bonds. The molecule has 5 rings (SSSR count). The van der Waals surface area contributed by atoms with Gasteiger partial charge in [0.05, 0.1) is 5.39 Å². The zero-order valence-electron chi connectivity index (χ0n) is 16.8. The molecule has 1 aliphatic carbocycles. The Labute approximate surface area is 171 Å². The number of benzene rings is 1. The van der Waals surface area contributed by atoms with Crippen LogP contribution in [0.3, 0.4) is 0 Å². The van der Waals surface area contributed by atoms with Gasteiger partial charge < -0.3 is 4.90 Å². The molecule has 1 fully saturated rings. The molecular weight excluding hydrogens is 364 g/mol. The van der Waals surface area contributed by atoms with E-state index in [9.17, 15) is 0 Å². The van der Waals surface area contributed by atoms with Crippen molar-refractivity contribution in [2.75, 3.05) is 31.1 Å². The molecular formula is C23H28N4S. The van der Waals surface area contributed by atoms with Crippen LogP contribution in [-0.4, -0.2) is 41.0 Å². The van der Waals surface area contributed by atoms with Gasteiger partial charge in [-0.25, -0.2) is 9.97 Å². The van der Waals surface area contributed by atoms with E-state index in [-0.39, 0.29) is 0 Å². The number of hydrogen-bond acceptors (Lipinski definition) is 5. The van der Waals surface area contributed by atoms with Crippen LogP contribution < -0.4 is 4.90 Å². The summed E-state index contributed by atoms with van der Waals surface area (Å²) in [4.78, 5) is 17.2. The molecule has 0 N–H and O–H groups in total. The van der Waals surface area contributed by atoms with Crippen molar-refractivity contribution in [2.45, 2.75) is 39.7 Å². The summed E-state index contributed by atoms with van der Waals surface area (Å²) in [6.45, 7) is 9.81. The topological polar surface area (TPSA) is 32.3 Å². The van der Waals surface area contributed by atoms with Crippen molar-refractivity contribution in [2.24, 2.45) is 5.92 Å². The summed E-state index contributed by atoms with van der Waals surface area (Å²) in [7, 11) is 0. The van der Waals surface area contributed by atoms with Gasteiger partial charge in [0, 0.05) is 37.6 Å². The number of anilines is 1. The van der Waals surface area contributed by atoms with Crippen molar-refractivity contribution in [1.82, 2.24) is 14.9 Å². The van der Waals surface area contributed by atoms with Gasteiger partial charge in [0.2, 0.25) is 0 Å². The second-order valence-electron chi connectivity index (χ2n) is 8.48. The molecule has 1 atom stereocenters. The normalized spacial score (nSPS) is 20.5. The molecule has 1 saturated heterocycles. The standard InChI is InChI=1S/C23H28N4S/c1-16-3-6-18(7-4-16)14-26-9-11-27(12-10-26)22-21-19-13-17(2)5-8-20(19)28-23(21)25-15-24-22/h3-4,6-7,15,17H,5,8-14H2,1-2H3. The Kier molecular flexibility index (Phi) is 4.81. The van der Waals surface area contributed by atoms with E-state index < -0.39 is 0 Å². The third-order valence-electron chi connectivity index (χ3n) is 6.27.